The van der Waals surface area contributed by atoms with E-state index in [1.54, 1.807) is 0 Å². The normalized spacial score (nSPS) is 16.8. The van der Waals surface area contributed by atoms with Gasteiger partial charge in [-0.2, -0.15) is 70.2 Å². The summed E-state index contributed by atoms with van der Waals surface area (Å²) in [6.07, 6.45) is -7.25. The van der Waals surface area contributed by atoms with E-state index in [2.05, 4.69) is 0 Å². The molecule has 0 bridgehead atoms. The zero-order chi connectivity index (χ0) is 27.5. The van der Waals surface area contributed by atoms with Gasteiger partial charge in [-0.1, -0.05) is 13.3 Å². The van der Waals surface area contributed by atoms with Crippen molar-refractivity contribution < 1.29 is 139 Å². The summed E-state index contributed by atoms with van der Waals surface area (Å²) in [5.41, 5.74) is 0. The van der Waals surface area contributed by atoms with Gasteiger partial charge in [0.15, 0.2) is 16.3 Å². The Kier molecular flexibility index (Phi) is 10.6. The van der Waals surface area contributed by atoms with Crippen molar-refractivity contribution >= 4 is 10.1 Å². The molecule has 0 aliphatic heterocycles. The van der Waals surface area contributed by atoms with Crippen molar-refractivity contribution in [1.29, 1.82) is 0 Å². The predicted molar refractivity (Wildman–Crippen MR) is 69.1 cm³/mol. The maximum atomic E-state index is 13.4. The number of hydrogen-bond donors (Lipinski definition) is 0. The molecule has 0 aromatic heterocycles. The quantitative estimate of drug-likeness (QED) is 0.210. The van der Waals surface area contributed by atoms with Gasteiger partial charge in [-0.05, 0) is 6.42 Å². The first-order chi connectivity index (χ1) is 14.0. The first kappa shape index (κ1) is 36.5. The largest absolute Gasteiger partial charge is 1.00 e. The van der Waals surface area contributed by atoms with Crippen molar-refractivity contribution in [2.75, 3.05) is 0 Å². The fraction of sp³-hybridized carbons (Fsp3) is 1.00. The monoisotopic (exact) mass is 594 g/mol. The summed E-state index contributed by atoms with van der Waals surface area (Å²) in [5, 5.41) is -7.95. The van der Waals surface area contributed by atoms with Crippen molar-refractivity contribution in [3.8, 4) is 0 Å². The van der Waals surface area contributed by atoms with Gasteiger partial charge in [0.25, 0.3) is 0 Å². The second-order valence-electron chi connectivity index (χ2n) is 6.30. The molecule has 1 unspecified atom stereocenters. The fourth-order valence-electron chi connectivity index (χ4n) is 1.97. The van der Waals surface area contributed by atoms with Gasteiger partial charge < -0.3 is 4.55 Å². The second-order valence-corrected chi connectivity index (χ2v) is 7.72. The summed E-state index contributed by atoms with van der Waals surface area (Å²) in [4.78, 5) is 0. The Labute approximate surface area is 220 Å². The van der Waals surface area contributed by atoms with E-state index >= 15 is 0 Å². The van der Waals surface area contributed by atoms with Crippen LogP contribution in [0.5, 0.6) is 0 Å². The van der Waals surface area contributed by atoms with Gasteiger partial charge in [-0.3, -0.25) is 0 Å². The topological polar surface area (TPSA) is 57.2 Å². The molecule has 22 heteroatoms. The number of rotatable bonds is 11. The van der Waals surface area contributed by atoms with Gasteiger partial charge >= 0.3 is 98.1 Å². The first-order valence-electron chi connectivity index (χ1n) is 7.60. The van der Waals surface area contributed by atoms with Crippen LogP contribution in [0, 0.1) is 0 Å². The standard InChI is InChI=1S/C12H9F17O3S.K/c1-2-3-4(13)5(14,15)6(16,17)7(18,19)8(20,21)9(22,23)10(24,25)11(26,27)12(28,29)33(30,31)32;/h4H,2-3H2,1H3,(H,30,31,32);/q;+1/p-1. The van der Waals surface area contributed by atoms with E-state index in [9.17, 15) is 87.6 Å². The van der Waals surface area contributed by atoms with Crippen LogP contribution in [0.25, 0.3) is 0 Å². The van der Waals surface area contributed by atoms with Crippen LogP contribution < -0.4 is 51.4 Å². The SMILES string of the molecule is CCCC(F)C(F)(F)C(F)(F)C(F)(F)C(F)(F)C(F)(F)C(F)(F)C(F)(F)C(F)(F)S(=O)(=O)[O-].[K+]. The Balaban J connectivity index is 0. The first-order valence-corrected chi connectivity index (χ1v) is 9.01. The zero-order valence-corrected chi connectivity index (χ0v) is 20.0. The van der Waals surface area contributed by atoms with Gasteiger partial charge in [0.2, 0.25) is 0 Å². The van der Waals surface area contributed by atoms with E-state index < -0.39 is 75.8 Å². The molecule has 0 saturated heterocycles. The summed E-state index contributed by atoms with van der Waals surface area (Å²) in [7, 11) is -8.15. The molecule has 0 radical (unpaired) electrons. The van der Waals surface area contributed by atoms with Crippen LogP contribution in [-0.2, 0) is 10.1 Å². The van der Waals surface area contributed by atoms with Crippen molar-refractivity contribution in [2.45, 2.75) is 72.6 Å². The molecule has 0 fully saturated rings. The molecule has 200 valence electrons. The molecule has 0 spiro atoms. The minimum Gasteiger partial charge on any atom is -0.743 e. The van der Waals surface area contributed by atoms with E-state index in [0.29, 0.717) is 0 Å². The molecule has 0 heterocycles. The maximum absolute atomic E-state index is 13.4. The van der Waals surface area contributed by atoms with Crippen molar-refractivity contribution in [3.05, 3.63) is 0 Å². The third-order valence-corrected chi connectivity index (χ3v) is 4.89. The summed E-state index contributed by atoms with van der Waals surface area (Å²) >= 11 is 0. The molecule has 0 amide bonds. The van der Waals surface area contributed by atoms with E-state index in [4.69, 9.17) is 0 Å². The Morgan fingerprint density at radius 2 is 0.882 bits per heavy atom. The minimum absolute atomic E-state index is 0. The number of alkyl halides is 17. The van der Waals surface area contributed by atoms with Crippen molar-refractivity contribution in [2.24, 2.45) is 0 Å². The molecule has 0 N–H and O–H groups in total. The van der Waals surface area contributed by atoms with Crippen LogP contribution in [0.3, 0.4) is 0 Å². The summed E-state index contributed by atoms with van der Waals surface area (Å²) in [6.45, 7) is 0.731. The molecular weight excluding hydrogens is 586 g/mol. The van der Waals surface area contributed by atoms with Crippen LogP contribution in [-0.4, -0.2) is 65.9 Å². The van der Waals surface area contributed by atoms with E-state index in [1.807, 2.05) is 0 Å². The van der Waals surface area contributed by atoms with Crippen LogP contribution in [0.2, 0.25) is 0 Å². The molecule has 0 aromatic carbocycles. The predicted octanol–water partition coefficient (Wildman–Crippen LogP) is 2.71. The molecule has 0 aromatic rings. The van der Waals surface area contributed by atoms with Crippen LogP contribution in [0.4, 0.5) is 74.6 Å². The van der Waals surface area contributed by atoms with Gasteiger partial charge in [0, 0.05) is 0 Å². The Morgan fingerprint density at radius 3 is 1.15 bits per heavy atom. The molecule has 0 aliphatic rings. The molecule has 1 atom stereocenters. The third kappa shape index (κ3) is 4.81. The summed E-state index contributed by atoms with van der Waals surface area (Å²) in [5.74, 6) is -58.7. The van der Waals surface area contributed by atoms with Crippen molar-refractivity contribution in [1.82, 2.24) is 0 Å². The van der Waals surface area contributed by atoms with Crippen LogP contribution in [0.1, 0.15) is 19.8 Å². The zero-order valence-electron chi connectivity index (χ0n) is 16.0. The van der Waals surface area contributed by atoms with Gasteiger partial charge in [-0.25, -0.2) is 12.8 Å². The van der Waals surface area contributed by atoms with Crippen molar-refractivity contribution in [3.63, 3.8) is 0 Å². The Morgan fingerprint density at radius 1 is 0.618 bits per heavy atom. The average molecular weight is 594 g/mol. The summed E-state index contributed by atoms with van der Waals surface area (Å²) < 4.78 is 256. The molecule has 34 heavy (non-hydrogen) atoms. The molecule has 3 nitrogen and oxygen atoms in total. The van der Waals surface area contributed by atoms with E-state index in [-0.39, 0.29) is 51.4 Å². The van der Waals surface area contributed by atoms with Gasteiger partial charge in [0.05, 0.1) is 0 Å². The van der Waals surface area contributed by atoms with E-state index in [0.717, 1.165) is 6.92 Å². The molecule has 0 saturated carbocycles. The third-order valence-electron chi connectivity index (χ3n) is 4.01. The van der Waals surface area contributed by atoms with Gasteiger partial charge in [-0.15, -0.1) is 0 Å². The maximum Gasteiger partial charge on any atom is 1.00 e. The molecular formula is C12H8F17KO3S. The van der Waals surface area contributed by atoms with Crippen LogP contribution in [0.15, 0.2) is 0 Å². The van der Waals surface area contributed by atoms with E-state index in [1.165, 1.54) is 0 Å². The molecule has 0 aliphatic carbocycles. The smallest absolute Gasteiger partial charge is 0.743 e. The second kappa shape index (κ2) is 9.91. The minimum atomic E-state index is -8.89. The van der Waals surface area contributed by atoms with Gasteiger partial charge in [0.1, 0.15) is 0 Å². The number of hydrogen-bond acceptors (Lipinski definition) is 3. The summed E-state index contributed by atoms with van der Waals surface area (Å²) in [6, 6.07) is 0. The Hall–Kier alpha value is 0.356. The molecule has 0 rings (SSSR count). The average Bonchev–Trinajstić information content (AvgIpc) is 2.59. The Bertz CT molecular complexity index is 826. The number of halogens is 17. The fourth-order valence-corrected chi connectivity index (χ4v) is 2.41. The van der Waals surface area contributed by atoms with Crippen LogP contribution >= 0.6 is 0 Å².